The van der Waals surface area contributed by atoms with Gasteiger partial charge in [0, 0.05) is 30.6 Å². The second kappa shape index (κ2) is 15.4. The normalized spacial score (nSPS) is 13.1. The van der Waals surface area contributed by atoms with Gasteiger partial charge < -0.3 is 19.7 Å². The molecular weight excluding hydrogens is 638 g/mol. The standard InChI is InChI=1S/C36H38ClN3O6S/c1-26(2)23-38-36(42)32(21-27-11-5-3-6-12-27)39(24-28-13-9-10-16-31(28)37)35(41)25-40(47(43,44)30-14-7-4-8-15-30)29-17-18-33-34(22-29)46-20-19-45-33/h3-18,22,26,32H,19-21,23-25H2,1-2H3,(H,38,42)/t32-/m0/s1. The molecular formula is C36H38ClN3O6S. The second-order valence-corrected chi connectivity index (χ2v) is 13.9. The fourth-order valence-corrected chi connectivity index (χ4v) is 6.84. The first-order valence-corrected chi connectivity index (χ1v) is 17.3. The molecule has 1 aliphatic rings. The molecule has 0 saturated heterocycles. The molecule has 0 saturated carbocycles. The summed E-state index contributed by atoms with van der Waals surface area (Å²) in [6.45, 7) is 4.44. The topological polar surface area (TPSA) is 105 Å². The Kier molecular flexibility index (Phi) is 11.1. The number of rotatable bonds is 13. The number of nitrogens with one attached hydrogen (secondary N) is 1. The van der Waals surface area contributed by atoms with Crippen molar-refractivity contribution in [3.8, 4) is 11.5 Å². The lowest BCUT2D eigenvalue weighted by molar-refractivity contribution is -0.140. The molecule has 0 aromatic heterocycles. The van der Waals surface area contributed by atoms with Crippen molar-refractivity contribution in [2.24, 2.45) is 5.92 Å². The van der Waals surface area contributed by atoms with Crippen LogP contribution in [0, 0.1) is 5.92 Å². The largest absolute Gasteiger partial charge is 0.486 e. The third-order valence-corrected chi connectivity index (χ3v) is 9.83. The molecule has 11 heteroatoms. The molecule has 4 aromatic carbocycles. The second-order valence-electron chi connectivity index (χ2n) is 11.6. The van der Waals surface area contributed by atoms with Gasteiger partial charge in [0.05, 0.1) is 10.6 Å². The van der Waals surface area contributed by atoms with Gasteiger partial charge in [0.1, 0.15) is 25.8 Å². The van der Waals surface area contributed by atoms with Crippen molar-refractivity contribution in [1.82, 2.24) is 10.2 Å². The average Bonchev–Trinajstić information content (AvgIpc) is 3.08. The minimum absolute atomic E-state index is 0.0101. The number of ether oxygens (including phenoxy) is 2. The van der Waals surface area contributed by atoms with Crippen molar-refractivity contribution >= 4 is 39.1 Å². The molecule has 1 N–H and O–H groups in total. The van der Waals surface area contributed by atoms with Gasteiger partial charge >= 0.3 is 0 Å². The quantitative estimate of drug-likeness (QED) is 0.194. The van der Waals surface area contributed by atoms with Gasteiger partial charge in [-0.15, -0.1) is 0 Å². The first-order chi connectivity index (χ1) is 22.6. The molecule has 5 rings (SSSR count). The molecule has 2 amide bonds. The summed E-state index contributed by atoms with van der Waals surface area (Å²) in [5, 5.41) is 3.41. The molecule has 0 radical (unpaired) electrons. The van der Waals surface area contributed by atoms with Crippen LogP contribution in [0.5, 0.6) is 11.5 Å². The van der Waals surface area contributed by atoms with Crippen LogP contribution in [-0.4, -0.2) is 57.5 Å². The Hall–Kier alpha value is -4.54. The molecule has 1 heterocycles. The Morgan fingerprint density at radius 3 is 2.17 bits per heavy atom. The summed E-state index contributed by atoms with van der Waals surface area (Å²) in [5.41, 5.74) is 1.68. The van der Waals surface area contributed by atoms with Crippen LogP contribution in [0.4, 0.5) is 5.69 Å². The first-order valence-electron chi connectivity index (χ1n) is 15.5. The minimum Gasteiger partial charge on any atom is -0.486 e. The van der Waals surface area contributed by atoms with Crippen LogP contribution in [0.15, 0.2) is 108 Å². The number of hydrogen-bond donors (Lipinski definition) is 1. The van der Waals surface area contributed by atoms with E-state index in [1.54, 1.807) is 60.7 Å². The van der Waals surface area contributed by atoms with Gasteiger partial charge in [-0.1, -0.05) is 92.2 Å². The Balaban J connectivity index is 1.58. The highest BCUT2D eigenvalue weighted by Gasteiger charge is 2.35. The van der Waals surface area contributed by atoms with Gasteiger partial charge in [-0.05, 0) is 47.4 Å². The van der Waals surface area contributed by atoms with E-state index in [1.807, 2.05) is 44.2 Å². The van der Waals surface area contributed by atoms with Crippen LogP contribution in [0.1, 0.15) is 25.0 Å². The van der Waals surface area contributed by atoms with Crippen LogP contribution in [0.2, 0.25) is 5.02 Å². The molecule has 47 heavy (non-hydrogen) atoms. The number of carbonyl (C=O) groups is 2. The molecule has 0 spiro atoms. The third-order valence-electron chi connectivity index (χ3n) is 7.68. The molecule has 4 aromatic rings. The zero-order valence-electron chi connectivity index (χ0n) is 26.3. The number of amides is 2. The van der Waals surface area contributed by atoms with Crippen molar-refractivity contribution < 1.29 is 27.5 Å². The van der Waals surface area contributed by atoms with Crippen LogP contribution < -0.4 is 19.1 Å². The lowest BCUT2D eigenvalue weighted by Gasteiger charge is -2.34. The first kappa shape index (κ1) is 33.8. The lowest BCUT2D eigenvalue weighted by Crippen LogP contribution is -2.53. The fraction of sp³-hybridized carbons (Fsp3) is 0.278. The van der Waals surface area contributed by atoms with Gasteiger partial charge in [0.15, 0.2) is 11.5 Å². The van der Waals surface area contributed by atoms with E-state index in [-0.39, 0.29) is 35.4 Å². The van der Waals surface area contributed by atoms with E-state index in [0.29, 0.717) is 41.8 Å². The third kappa shape index (κ3) is 8.44. The Morgan fingerprint density at radius 2 is 1.49 bits per heavy atom. The monoisotopic (exact) mass is 675 g/mol. The highest BCUT2D eigenvalue weighted by atomic mass is 35.5. The predicted octanol–water partition coefficient (Wildman–Crippen LogP) is 5.72. The van der Waals surface area contributed by atoms with Crippen molar-refractivity contribution in [1.29, 1.82) is 0 Å². The molecule has 0 fully saturated rings. The van der Waals surface area contributed by atoms with Crippen molar-refractivity contribution in [3.05, 3.63) is 119 Å². The number of benzene rings is 4. The number of carbonyl (C=O) groups excluding carboxylic acids is 2. The highest BCUT2D eigenvalue weighted by molar-refractivity contribution is 7.92. The maximum absolute atomic E-state index is 14.6. The van der Waals surface area contributed by atoms with E-state index in [1.165, 1.54) is 17.0 Å². The minimum atomic E-state index is -4.25. The van der Waals surface area contributed by atoms with E-state index in [2.05, 4.69) is 5.32 Å². The fourth-order valence-electron chi connectivity index (χ4n) is 5.22. The maximum atomic E-state index is 14.6. The zero-order chi connectivity index (χ0) is 33.4. The van der Waals surface area contributed by atoms with Gasteiger partial charge in [0.25, 0.3) is 10.0 Å². The van der Waals surface area contributed by atoms with E-state index in [4.69, 9.17) is 21.1 Å². The summed E-state index contributed by atoms with van der Waals surface area (Å²) >= 11 is 6.57. The van der Waals surface area contributed by atoms with E-state index in [9.17, 15) is 18.0 Å². The summed E-state index contributed by atoms with van der Waals surface area (Å²) in [6, 6.07) is 28.2. The smallest absolute Gasteiger partial charge is 0.264 e. The van der Waals surface area contributed by atoms with Crippen molar-refractivity contribution in [2.75, 3.05) is 30.6 Å². The molecule has 246 valence electrons. The Labute approximate surface area is 281 Å². The van der Waals surface area contributed by atoms with Crippen LogP contribution in [0.25, 0.3) is 0 Å². The van der Waals surface area contributed by atoms with Crippen molar-refractivity contribution in [2.45, 2.75) is 37.8 Å². The molecule has 0 bridgehead atoms. The average molecular weight is 676 g/mol. The van der Waals surface area contributed by atoms with E-state index < -0.39 is 28.5 Å². The van der Waals surface area contributed by atoms with Crippen LogP contribution in [-0.2, 0) is 32.6 Å². The maximum Gasteiger partial charge on any atom is 0.264 e. The van der Waals surface area contributed by atoms with Gasteiger partial charge in [-0.3, -0.25) is 13.9 Å². The number of halogens is 1. The molecule has 0 unspecified atom stereocenters. The molecule has 1 atom stereocenters. The summed E-state index contributed by atoms with van der Waals surface area (Å²) < 4.78 is 40.9. The number of fused-ring (bicyclic) bond motifs is 1. The van der Waals surface area contributed by atoms with Gasteiger partial charge in [-0.25, -0.2) is 8.42 Å². The highest BCUT2D eigenvalue weighted by Crippen LogP contribution is 2.36. The Bertz CT molecular complexity index is 1790. The number of anilines is 1. The number of sulfonamides is 1. The van der Waals surface area contributed by atoms with E-state index in [0.717, 1.165) is 9.87 Å². The summed E-state index contributed by atoms with van der Waals surface area (Å²) in [5.74, 6) is 0.0938. The summed E-state index contributed by atoms with van der Waals surface area (Å²) in [7, 11) is -4.25. The molecule has 0 aliphatic carbocycles. The molecule has 9 nitrogen and oxygen atoms in total. The van der Waals surface area contributed by atoms with Crippen LogP contribution in [0.3, 0.4) is 0 Å². The van der Waals surface area contributed by atoms with Crippen molar-refractivity contribution in [3.63, 3.8) is 0 Å². The zero-order valence-corrected chi connectivity index (χ0v) is 27.9. The predicted molar refractivity (Wildman–Crippen MR) is 182 cm³/mol. The van der Waals surface area contributed by atoms with Gasteiger partial charge in [-0.2, -0.15) is 0 Å². The van der Waals surface area contributed by atoms with E-state index >= 15 is 0 Å². The summed E-state index contributed by atoms with van der Waals surface area (Å²) in [4.78, 5) is 30.0. The van der Waals surface area contributed by atoms with Crippen LogP contribution >= 0.6 is 11.6 Å². The summed E-state index contributed by atoms with van der Waals surface area (Å²) in [6.07, 6.45) is 0.205. The lowest BCUT2D eigenvalue weighted by atomic mass is 10.0. The molecule has 1 aliphatic heterocycles. The Morgan fingerprint density at radius 1 is 0.851 bits per heavy atom. The SMILES string of the molecule is CC(C)CNC(=O)[C@H](Cc1ccccc1)N(Cc1ccccc1Cl)C(=O)CN(c1ccc2c(c1)OCCO2)S(=O)(=O)c1ccccc1. The van der Waals surface area contributed by atoms with Gasteiger partial charge in [0.2, 0.25) is 11.8 Å². The number of nitrogens with zero attached hydrogens (tertiary/aromatic N) is 2. The number of hydrogen-bond acceptors (Lipinski definition) is 6.